The molecule has 0 atom stereocenters. The van der Waals surface area contributed by atoms with Gasteiger partial charge in [-0.3, -0.25) is 0 Å². The van der Waals surface area contributed by atoms with E-state index in [-0.39, 0.29) is 6.61 Å². The summed E-state index contributed by atoms with van der Waals surface area (Å²) in [5, 5.41) is 12.5. The maximum absolute atomic E-state index is 9.11. The fraction of sp³-hybridized carbons (Fsp3) is 0.200. The molecule has 1 heterocycles. The Bertz CT molecular complexity index is 447. The number of thiophene rings is 1. The fourth-order valence-electron chi connectivity index (χ4n) is 1.36. The van der Waals surface area contributed by atoms with Gasteiger partial charge in [0.2, 0.25) is 0 Å². The number of hydrogen-bond acceptors (Lipinski definition) is 2. The van der Waals surface area contributed by atoms with E-state index in [4.69, 9.17) is 5.11 Å². The Morgan fingerprint density at radius 1 is 1.46 bits per heavy atom. The minimum Gasteiger partial charge on any atom is -0.392 e. The summed E-state index contributed by atoms with van der Waals surface area (Å²) < 4.78 is 2.58. The van der Waals surface area contributed by atoms with Gasteiger partial charge in [-0.15, -0.1) is 11.3 Å². The van der Waals surface area contributed by atoms with Crippen molar-refractivity contribution in [2.45, 2.75) is 13.5 Å². The number of hydrogen-bond donors (Lipinski definition) is 1. The number of fused-ring (bicyclic) bond motifs is 1. The minimum atomic E-state index is 0.133. The molecule has 0 bridgehead atoms. The van der Waals surface area contributed by atoms with E-state index in [0.717, 1.165) is 5.56 Å². The van der Waals surface area contributed by atoms with E-state index >= 15 is 0 Å². The van der Waals surface area contributed by atoms with Crippen molar-refractivity contribution < 1.29 is 5.11 Å². The summed E-state index contributed by atoms with van der Waals surface area (Å²) in [6.07, 6.45) is 0. The molecular formula is C10H9IOS. The van der Waals surface area contributed by atoms with E-state index in [9.17, 15) is 0 Å². The molecule has 0 amide bonds. The Labute approximate surface area is 94.5 Å². The van der Waals surface area contributed by atoms with Crippen LogP contribution in [-0.4, -0.2) is 5.11 Å². The van der Waals surface area contributed by atoms with Gasteiger partial charge >= 0.3 is 0 Å². The lowest BCUT2D eigenvalue weighted by Gasteiger charge is -2.02. The second kappa shape index (κ2) is 3.55. The molecule has 0 fully saturated rings. The van der Waals surface area contributed by atoms with Gasteiger partial charge in [-0.1, -0.05) is 0 Å². The van der Waals surface area contributed by atoms with Crippen LogP contribution in [0, 0.1) is 10.5 Å². The second-order valence-electron chi connectivity index (χ2n) is 3.02. The largest absolute Gasteiger partial charge is 0.392 e. The standard InChI is InChI=1S/C10H9IOS/c1-6-2-10-8(3-7(6)4-12)9(11)5-13-10/h2-3,5,12H,4H2,1H3. The van der Waals surface area contributed by atoms with Gasteiger partial charge < -0.3 is 5.11 Å². The van der Waals surface area contributed by atoms with Crippen LogP contribution < -0.4 is 0 Å². The SMILES string of the molecule is Cc1cc2scc(I)c2cc1CO. The number of aliphatic hydroxyl groups is 1. The van der Waals surface area contributed by atoms with Gasteiger partial charge in [-0.05, 0) is 52.8 Å². The van der Waals surface area contributed by atoms with Crippen LogP contribution in [0.4, 0.5) is 0 Å². The van der Waals surface area contributed by atoms with Crippen LogP contribution in [0.2, 0.25) is 0 Å². The lowest BCUT2D eigenvalue weighted by Crippen LogP contribution is -1.87. The van der Waals surface area contributed by atoms with Crippen molar-refractivity contribution in [2.75, 3.05) is 0 Å². The molecule has 0 spiro atoms. The van der Waals surface area contributed by atoms with Crippen molar-refractivity contribution in [1.82, 2.24) is 0 Å². The summed E-state index contributed by atoms with van der Waals surface area (Å²) >= 11 is 4.08. The predicted molar refractivity (Wildman–Crippen MR) is 65.2 cm³/mol. The quantitative estimate of drug-likeness (QED) is 0.802. The molecule has 1 N–H and O–H groups in total. The highest BCUT2D eigenvalue weighted by Crippen LogP contribution is 2.29. The van der Waals surface area contributed by atoms with Gasteiger partial charge in [0.25, 0.3) is 0 Å². The highest BCUT2D eigenvalue weighted by atomic mass is 127. The van der Waals surface area contributed by atoms with E-state index in [1.807, 2.05) is 6.92 Å². The summed E-state index contributed by atoms with van der Waals surface area (Å²) in [5.74, 6) is 0. The Kier molecular flexibility index (Phi) is 2.58. The second-order valence-corrected chi connectivity index (χ2v) is 5.09. The molecule has 1 aromatic carbocycles. The average Bonchev–Trinajstić information content (AvgIpc) is 2.46. The van der Waals surface area contributed by atoms with Crippen molar-refractivity contribution in [2.24, 2.45) is 0 Å². The Balaban J connectivity index is 2.77. The lowest BCUT2D eigenvalue weighted by atomic mass is 10.1. The number of benzene rings is 1. The maximum Gasteiger partial charge on any atom is 0.0684 e. The number of rotatable bonds is 1. The van der Waals surface area contributed by atoms with Crippen LogP contribution in [0.1, 0.15) is 11.1 Å². The van der Waals surface area contributed by atoms with Crippen LogP contribution in [0.3, 0.4) is 0 Å². The van der Waals surface area contributed by atoms with Gasteiger partial charge in [-0.25, -0.2) is 0 Å². The predicted octanol–water partition coefficient (Wildman–Crippen LogP) is 3.31. The molecule has 0 aliphatic carbocycles. The van der Waals surface area contributed by atoms with E-state index < -0.39 is 0 Å². The first kappa shape index (κ1) is 9.43. The minimum absolute atomic E-state index is 0.133. The van der Waals surface area contributed by atoms with Crippen molar-refractivity contribution >= 4 is 44.0 Å². The number of aryl methyl sites for hydroxylation is 1. The van der Waals surface area contributed by atoms with Gasteiger partial charge in [-0.2, -0.15) is 0 Å². The maximum atomic E-state index is 9.11. The third kappa shape index (κ3) is 1.60. The van der Waals surface area contributed by atoms with Crippen LogP contribution in [0.15, 0.2) is 17.5 Å². The van der Waals surface area contributed by atoms with Gasteiger partial charge in [0.05, 0.1) is 6.61 Å². The van der Waals surface area contributed by atoms with Gasteiger partial charge in [0.15, 0.2) is 0 Å². The first-order chi connectivity index (χ1) is 6.22. The lowest BCUT2D eigenvalue weighted by molar-refractivity contribution is 0.281. The molecule has 1 nitrogen and oxygen atoms in total. The van der Waals surface area contributed by atoms with Crippen LogP contribution in [0.5, 0.6) is 0 Å². The first-order valence-corrected chi connectivity index (χ1v) is 5.95. The molecule has 0 unspecified atom stereocenters. The normalized spacial score (nSPS) is 11.0. The van der Waals surface area contributed by atoms with Gasteiger partial charge in [0, 0.05) is 19.0 Å². The van der Waals surface area contributed by atoms with Crippen molar-refractivity contribution in [3.63, 3.8) is 0 Å². The van der Waals surface area contributed by atoms with Crippen LogP contribution in [0.25, 0.3) is 10.1 Å². The molecule has 0 saturated carbocycles. The van der Waals surface area contributed by atoms with Crippen LogP contribution in [-0.2, 0) is 6.61 Å². The third-order valence-electron chi connectivity index (χ3n) is 2.16. The Morgan fingerprint density at radius 3 is 2.92 bits per heavy atom. The number of aliphatic hydroxyl groups excluding tert-OH is 1. The Hall–Kier alpha value is -0.130. The van der Waals surface area contributed by atoms with Crippen LogP contribution >= 0.6 is 33.9 Å². The molecule has 0 saturated heterocycles. The van der Waals surface area contributed by atoms with Gasteiger partial charge in [0.1, 0.15) is 0 Å². The van der Waals surface area contributed by atoms with Crippen molar-refractivity contribution in [3.8, 4) is 0 Å². The zero-order chi connectivity index (χ0) is 9.42. The summed E-state index contributed by atoms with van der Waals surface area (Å²) in [4.78, 5) is 0. The molecule has 68 valence electrons. The third-order valence-corrected chi connectivity index (χ3v) is 4.42. The highest BCUT2D eigenvalue weighted by molar-refractivity contribution is 14.1. The number of halogens is 1. The van der Waals surface area contributed by atoms with Crippen molar-refractivity contribution in [3.05, 3.63) is 32.2 Å². The summed E-state index contributed by atoms with van der Waals surface area (Å²) in [7, 11) is 0. The molecule has 0 aliphatic heterocycles. The monoisotopic (exact) mass is 304 g/mol. The molecular weight excluding hydrogens is 295 g/mol. The van der Waals surface area contributed by atoms with E-state index in [1.54, 1.807) is 11.3 Å². The topological polar surface area (TPSA) is 20.2 Å². The summed E-state index contributed by atoms with van der Waals surface area (Å²) in [6, 6.07) is 4.23. The molecule has 2 rings (SSSR count). The van der Waals surface area contributed by atoms with E-state index in [2.05, 4.69) is 40.1 Å². The molecule has 13 heavy (non-hydrogen) atoms. The van der Waals surface area contributed by atoms with Crippen molar-refractivity contribution in [1.29, 1.82) is 0 Å². The Morgan fingerprint density at radius 2 is 2.23 bits per heavy atom. The smallest absolute Gasteiger partial charge is 0.0684 e. The molecule has 0 radical (unpaired) electrons. The molecule has 2 aromatic rings. The molecule has 1 aromatic heterocycles. The zero-order valence-corrected chi connectivity index (χ0v) is 10.1. The average molecular weight is 304 g/mol. The van der Waals surface area contributed by atoms with E-state index in [0.29, 0.717) is 0 Å². The summed E-state index contributed by atoms with van der Waals surface area (Å²) in [5.41, 5.74) is 2.21. The molecule has 3 heteroatoms. The molecule has 0 aliphatic rings. The fourth-order valence-corrected chi connectivity index (χ4v) is 3.27. The zero-order valence-electron chi connectivity index (χ0n) is 7.17. The van der Waals surface area contributed by atoms with E-state index in [1.165, 1.54) is 19.2 Å². The first-order valence-electron chi connectivity index (χ1n) is 3.99. The highest BCUT2D eigenvalue weighted by Gasteiger charge is 2.04. The summed E-state index contributed by atoms with van der Waals surface area (Å²) in [6.45, 7) is 2.17.